The Bertz CT molecular complexity index is 536. The van der Waals surface area contributed by atoms with Crippen molar-refractivity contribution in [3.63, 3.8) is 0 Å². The predicted octanol–water partition coefficient (Wildman–Crippen LogP) is 2.87. The van der Waals surface area contributed by atoms with Crippen LogP contribution < -0.4 is 4.74 Å². The summed E-state index contributed by atoms with van der Waals surface area (Å²) >= 11 is 0. The maximum atomic E-state index is 12.6. The zero-order valence-corrected chi connectivity index (χ0v) is 12.9. The lowest BCUT2D eigenvalue weighted by Crippen LogP contribution is -2.40. The highest BCUT2D eigenvalue weighted by Gasteiger charge is 2.40. The van der Waals surface area contributed by atoms with Gasteiger partial charge in [-0.1, -0.05) is 0 Å². The topological polar surface area (TPSA) is 53.3 Å². The number of nitriles is 1. The van der Waals surface area contributed by atoms with E-state index in [1.807, 2.05) is 45.0 Å². The molecule has 0 aromatic heterocycles. The summed E-state index contributed by atoms with van der Waals surface area (Å²) in [5.41, 5.74) is -0.627. The fourth-order valence-corrected chi connectivity index (χ4v) is 3.77. The summed E-state index contributed by atoms with van der Waals surface area (Å²) in [6.07, 6.45) is 1.79. The van der Waals surface area contributed by atoms with Crippen LogP contribution in [0.2, 0.25) is 0 Å². The Morgan fingerprint density at radius 2 is 2.05 bits per heavy atom. The molecule has 0 N–H and O–H groups in total. The van der Waals surface area contributed by atoms with Gasteiger partial charge in [-0.05, 0) is 57.9 Å². The molecule has 108 valence electrons. The highest BCUT2D eigenvalue weighted by Crippen LogP contribution is 2.32. The molecular formula is C15H20N2O2S. The van der Waals surface area contributed by atoms with E-state index in [0.29, 0.717) is 11.4 Å². The smallest absolute Gasteiger partial charge is 0.129 e. The molecule has 1 unspecified atom stereocenters. The molecule has 1 heterocycles. The van der Waals surface area contributed by atoms with Gasteiger partial charge in [0.15, 0.2) is 0 Å². The number of hydrogen-bond donors (Lipinski definition) is 0. The van der Waals surface area contributed by atoms with Crippen molar-refractivity contribution in [2.24, 2.45) is 0 Å². The van der Waals surface area contributed by atoms with E-state index in [9.17, 15) is 9.47 Å². The fraction of sp³-hybridized carbons (Fsp3) is 0.533. The first-order chi connectivity index (χ1) is 9.46. The summed E-state index contributed by atoms with van der Waals surface area (Å²) in [6.45, 7) is 6.48. The van der Waals surface area contributed by atoms with Crippen molar-refractivity contribution >= 4 is 11.0 Å². The van der Waals surface area contributed by atoms with Crippen LogP contribution in [-0.4, -0.2) is 26.7 Å². The largest absolute Gasteiger partial charge is 0.491 e. The van der Waals surface area contributed by atoms with E-state index < -0.39 is 16.5 Å². The molecule has 1 aromatic carbocycles. The van der Waals surface area contributed by atoms with Crippen molar-refractivity contribution < 1.29 is 8.95 Å². The van der Waals surface area contributed by atoms with Crippen molar-refractivity contribution in [1.29, 1.82) is 5.26 Å². The Morgan fingerprint density at radius 1 is 1.40 bits per heavy atom. The summed E-state index contributed by atoms with van der Waals surface area (Å²) < 4.78 is 20.0. The van der Waals surface area contributed by atoms with E-state index in [0.717, 1.165) is 18.6 Å². The van der Waals surface area contributed by atoms with Crippen LogP contribution in [0.1, 0.15) is 33.6 Å². The monoisotopic (exact) mass is 292 g/mol. The molecule has 2 atom stereocenters. The molecule has 0 radical (unpaired) electrons. The van der Waals surface area contributed by atoms with Crippen LogP contribution in [0.4, 0.5) is 0 Å². The number of nitrogens with zero attached hydrogens (tertiary/aromatic N) is 2. The zero-order chi connectivity index (χ0) is 14.8. The van der Waals surface area contributed by atoms with Crippen LogP contribution >= 0.6 is 0 Å². The average Bonchev–Trinajstić information content (AvgIpc) is 2.81. The molecule has 1 aromatic rings. The lowest BCUT2D eigenvalue weighted by Gasteiger charge is -2.27. The van der Waals surface area contributed by atoms with E-state index in [2.05, 4.69) is 6.07 Å². The van der Waals surface area contributed by atoms with Gasteiger partial charge in [-0.25, -0.2) is 8.51 Å². The molecule has 1 aliphatic rings. The summed E-state index contributed by atoms with van der Waals surface area (Å²) in [7, 11) is -1.29. The Morgan fingerprint density at radius 3 is 2.60 bits per heavy atom. The molecular weight excluding hydrogens is 272 g/mol. The van der Waals surface area contributed by atoms with E-state index in [4.69, 9.17) is 4.74 Å². The van der Waals surface area contributed by atoms with Gasteiger partial charge in [-0.2, -0.15) is 5.26 Å². The average molecular weight is 292 g/mol. The quantitative estimate of drug-likeness (QED) is 0.857. The molecule has 0 spiro atoms. The molecule has 20 heavy (non-hydrogen) atoms. The summed E-state index contributed by atoms with van der Waals surface area (Å²) in [4.78, 5) is 0.712. The van der Waals surface area contributed by atoms with Crippen LogP contribution in [0, 0.1) is 11.3 Å². The van der Waals surface area contributed by atoms with Gasteiger partial charge in [-0.15, -0.1) is 0 Å². The second kappa shape index (κ2) is 5.94. The highest BCUT2D eigenvalue weighted by molar-refractivity contribution is 7.82. The minimum absolute atomic E-state index is 0.117. The van der Waals surface area contributed by atoms with E-state index in [1.54, 1.807) is 4.31 Å². The van der Waals surface area contributed by atoms with Crippen LogP contribution in [0.25, 0.3) is 0 Å². The lowest BCUT2D eigenvalue weighted by atomic mass is 10.0. The summed E-state index contributed by atoms with van der Waals surface area (Å²) in [5.74, 6) is 0.769. The molecule has 0 saturated carbocycles. The zero-order valence-electron chi connectivity index (χ0n) is 12.1. The van der Waals surface area contributed by atoms with Crippen LogP contribution in [0.5, 0.6) is 5.75 Å². The number of hydrogen-bond acceptors (Lipinski definition) is 3. The van der Waals surface area contributed by atoms with Crippen LogP contribution in [-0.2, 0) is 11.0 Å². The third kappa shape index (κ3) is 3.02. The van der Waals surface area contributed by atoms with Gasteiger partial charge in [0, 0.05) is 6.54 Å². The van der Waals surface area contributed by atoms with Gasteiger partial charge in [0.1, 0.15) is 22.3 Å². The third-order valence-corrected chi connectivity index (χ3v) is 5.07. The van der Waals surface area contributed by atoms with Gasteiger partial charge in [0.25, 0.3) is 0 Å². The van der Waals surface area contributed by atoms with Crippen LogP contribution in [0.15, 0.2) is 29.2 Å². The minimum Gasteiger partial charge on any atom is -0.491 e. The maximum absolute atomic E-state index is 12.6. The molecule has 0 aliphatic carbocycles. The first-order valence-electron chi connectivity index (χ1n) is 6.84. The molecule has 4 nitrogen and oxygen atoms in total. The van der Waals surface area contributed by atoms with Crippen molar-refractivity contribution in [2.75, 3.05) is 6.54 Å². The third-order valence-electron chi connectivity index (χ3n) is 3.41. The Kier molecular flexibility index (Phi) is 4.46. The second-order valence-electron chi connectivity index (χ2n) is 5.48. The van der Waals surface area contributed by atoms with Gasteiger partial charge < -0.3 is 4.74 Å². The van der Waals surface area contributed by atoms with Crippen molar-refractivity contribution in [2.45, 2.75) is 50.2 Å². The fourth-order valence-electron chi connectivity index (χ4n) is 2.35. The van der Waals surface area contributed by atoms with Gasteiger partial charge in [-0.3, -0.25) is 0 Å². The SMILES string of the molecule is CC(C)Oc1ccc(S(=O)N2CCC[C@]2(C)C#N)cc1. The Hall–Kier alpha value is -1.38. The second-order valence-corrected chi connectivity index (χ2v) is 6.89. The number of ether oxygens (including phenoxy) is 1. The van der Waals surface area contributed by atoms with E-state index in [1.165, 1.54) is 0 Å². The first-order valence-corrected chi connectivity index (χ1v) is 7.94. The van der Waals surface area contributed by atoms with Crippen LogP contribution in [0.3, 0.4) is 0 Å². The molecule has 0 bridgehead atoms. The summed E-state index contributed by atoms with van der Waals surface area (Å²) in [6, 6.07) is 9.56. The standard InChI is InChI=1S/C15H20N2O2S/c1-12(2)19-13-5-7-14(8-6-13)20(18)17-10-4-9-15(17,3)11-16/h5-8,12H,4,9-10H2,1-3H3/t15-,20?/m1/s1. The molecule has 1 saturated heterocycles. The number of benzene rings is 1. The Balaban J connectivity index is 2.16. The first kappa shape index (κ1) is 15.0. The molecule has 2 rings (SSSR count). The lowest BCUT2D eigenvalue weighted by molar-refractivity contribution is 0.242. The van der Waals surface area contributed by atoms with Crippen molar-refractivity contribution in [3.05, 3.63) is 24.3 Å². The minimum atomic E-state index is -1.29. The Labute approximate surface area is 122 Å². The van der Waals surface area contributed by atoms with Gasteiger partial charge in [0.2, 0.25) is 0 Å². The van der Waals surface area contributed by atoms with Crippen molar-refractivity contribution in [1.82, 2.24) is 4.31 Å². The van der Waals surface area contributed by atoms with Gasteiger partial charge in [0.05, 0.1) is 17.1 Å². The summed E-state index contributed by atoms with van der Waals surface area (Å²) in [5, 5.41) is 9.29. The predicted molar refractivity (Wildman–Crippen MR) is 78.6 cm³/mol. The molecule has 0 amide bonds. The van der Waals surface area contributed by atoms with Gasteiger partial charge >= 0.3 is 0 Å². The van der Waals surface area contributed by atoms with Crippen molar-refractivity contribution in [3.8, 4) is 11.8 Å². The maximum Gasteiger partial charge on any atom is 0.129 e. The molecule has 1 aliphatic heterocycles. The van der Waals surface area contributed by atoms with E-state index >= 15 is 0 Å². The van der Waals surface area contributed by atoms with E-state index in [-0.39, 0.29) is 6.10 Å². The number of rotatable bonds is 4. The highest BCUT2D eigenvalue weighted by atomic mass is 32.2. The molecule has 5 heteroatoms. The molecule has 1 fully saturated rings. The normalized spacial score (nSPS) is 24.6.